The molecule has 0 spiro atoms. The van der Waals surface area contributed by atoms with Crippen molar-refractivity contribution in [2.75, 3.05) is 0 Å². The summed E-state index contributed by atoms with van der Waals surface area (Å²) in [6.07, 6.45) is 10.3. The molecule has 98 valence electrons. The maximum absolute atomic E-state index is 5.68. The average molecular weight is 236 g/mol. The average Bonchev–Trinajstić information content (AvgIpc) is 2.36. The van der Waals surface area contributed by atoms with Gasteiger partial charge in [-0.15, -0.1) is 11.8 Å². The van der Waals surface area contributed by atoms with Crippen LogP contribution in [0.3, 0.4) is 0 Å². The molecule has 1 saturated carbocycles. The van der Waals surface area contributed by atoms with Crippen LogP contribution in [-0.4, -0.2) is 6.04 Å². The first-order valence-corrected chi connectivity index (χ1v) is 7.17. The Kier molecular flexibility index (Phi) is 7.32. The van der Waals surface area contributed by atoms with E-state index in [9.17, 15) is 0 Å². The second-order valence-electron chi connectivity index (χ2n) is 5.31. The molecule has 0 amide bonds. The second-order valence-corrected chi connectivity index (χ2v) is 5.31. The lowest BCUT2D eigenvalue weighted by Crippen LogP contribution is -2.42. The molecule has 0 aromatic heterocycles. The van der Waals surface area contributed by atoms with E-state index in [4.69, 9.17) is 5.84 Å². The van der Waals surface area contributed by atoms with Crippen LogP contribution < -0.4 is 11.3 Å². The summed E-state index contributed by atoms with van der Waals surface area (Å²) in [5.74, 6) is 13.5. The lowest BCUT2D eigenvalue weighted by atomic mass is 9.76. The van der Waals surface area contributed by atoms with Gasteiger partial charge in [0.1, 0.15) is 0 Å². The highest BCUT2D eigenvalue weighted by atomic mass is 15.2. The normalized spacial score (nSPS) is 26.1. The van der Waals surface area contributed by atoms with Crippen molar-refractivity contribution < 1.29 is 0 Å². The summed E-state index contributed by atoms with van der Waals surface area (Å²) in [6.45, 7) is 4.20. The van der Waals surface area contributed by atoms with Crippen LogP contribution in [0.5, 0.6) is 0 Å². The molecule has 0 aromatic carbocycles. The number of rotatable bonds is 6. The molecular weight excluding hydrogens is 208 g/mol. The van der Waals surface area contributed by atoms with Crippen LogP contribution >= 0.6 is 0 Å². The number of nitrogens with two attached hydrogens (primary N) is 1. The zero-order valence-electron chi connectivity index (χ0n) is 11.5. The van der Waals surface area contributed by atoms with Gasteiger partial charge in [-0.1, -0.05) is 32.6 Å². The zero-order valence-corrected chi connectivity index (χ0v) is 11.5. The third-order valence-corrected chi connectivity index (χ3v) is 4.13. The molecular formula is C15H28N2. The van der Waals surface area contributed by atoms with Gasteiger partial charge in [-0.2, -0.15) is 0 Å². The molecule has 0 heterocycles. The third-order valence-electron chi connectivity index (χ3n) is 4.13. The predicted octanol–water partition coefficient (Wildman–Crippen LogP) is 3.23. The molecule has 1 fully saturated rings. The largest absolute Gasteiger partial charge is 0.271 e. The Morgan fingerprint density at radius 3 is 2.53 bits per heavy atom. The highest BCUT2D eigenvalue weighted by molar-refractivity contribution is 4.96. The first-order chi connectivity index (χ1) is 8.31. The van der Waals surface area contributed by atoms with Crippen LogP contribution in [0, 0.1) is 23.7 Å². The molecule has 1 aliphatic rings. The van der Waals surface area contributed by atoms with Crippen LogP contribution in [0.2, 0.25) is 0 Å². The second kappa shape index (κ2) is 8.55. The first-order valence-electron chi connectivity index (χ1n) is 7.17. The summed E-state index contributed by atoms with van der Waals surface area (Å²) < 4.78 is 0. The minimum absolute atomic E-state index is 0.471. The van der Waals surface area contributed by atoms with Crippen molar-refractivity contribution >= 4 is 0 Å². The van der Waals surface area contributed by atoms with E-state index < -0.39 is 0 Å². The fourth-order valence-electron chi connectivity index (χ4n) is 3.10. The number of hydrazine groups is 1. The van der Waals surface area contributed by atoms with E-state index >= 15 is 0 Å². The summed E-state index contributed by atoms with van der Waals surface area (Å²) in [7, 11) is 0. The van der Waals surface area contributed by atoms with Crippen molar-refractivity contribution in [1.82, 2.24) is 5.43 Å². The van der Waals surface area contributed by atoms with Gasteiger partial charge < -0.3 is 0 Å². The van der Waals surface area contributed by atoms with E-state index in [1.807, 2.05) is 6.92 Å². The molecule has 1 aliphatic carbocycles. The lowest BCUT2D eigenvalue weighted by molar-refractivity contribution is 0.208. The predicted molar refractivity (Wildman–Crippen MR) is 74.2 cm³/mol. The van der Waals surface area contributed by atoms with Crippen LogP contribution in [-0.2, 0) is 0 Å². The Morgan fingerprint density at radius 2 is 2.00 bits per heavy atom. The molecule has 0 saturated heterocycles. The quantitative estimate of drug-likeness (QED) is 0.422. The fourth-order valence-corrected chi connectivity index (χ4v) is 3.10. The molecule has 1 rings (SSSR count). The SMILES string of the molecule is CC#CCCC(NN)C1CCC(CCC)CC1. The molecule has 3 N–H and O–H groups in total. The summed E-state index contributed by atoms with van der Waals surface area (Å²) in [4.78, 5) is 0. The van der Waals surface area contributed by atoms with Gasteiger partial charge in [-0.25, -0.2) is 0 Å². The molecule has 1 atom stereocenters. The molecule has 0 aliphatic heterocycles. The summed E-state index contributed by atoms with van der Waals surface area (Å²) in [6, 6.07) is 0.471. The maximum atomic E-state index is 5.68. The van der Waals surface area contributed by atoms with E-state index in [-0.39, 0.29) is 0 Å². The monoisotopic (exact) mass is 236 g/mol. The van der Waals surface area contributed by atoms with Crippen LogP contribution in [0.15, 0.2) is 0 Å². The minimum Gasteiger partial charge on any atom is -0.271 e. The third kappa shape index (κ3) is 5.10. The number of hydrogen-bond donors (Lipinski definition) is 2. The Morgan fingerprint density at radius 1 is 1.29 bits per heavy atom. The summed E-state index contributed by atoms with van der Waals surface area (Å²) in [5, 5.41) is 0. The highest BCUT2D eigenvalue weighted by Gasteiger charge is 2.26. The van der Waals surface area contributed by atoms with Gasteiger partial charge in [-0.05, 0) is 38.0 Å². The van der Waals surface area contributed by atoms with Crippen LogP contribution in [0.4, 0.5) is 0 Å². The molecule has 0 radical (unpaired) electrons. The highest BCUT2D eigenvalue weighted by Crippen LogP contribution is 2.34. The molecule has 2 nitrogen and oxygen atoms in total. The van der Waals surface area contributed by atoms with Gasteiger partial charge in [0.15, 0.2) is 0 Å². The van der Waals surface area contributed by atoms with Crippen molar-refractivity contribution in [3.63, 3.8) is 0 Å². The van der Waals surface area contributed by atoms with Gasteiger partial charge >= 0.3 is 0 Å². The van der Waals surface area contributed by atoms with E-state index in [1.54, 1.807) is 0 Å². The Bertz CT molecular complexity index is 243. The van der Waals surface area contributed by atoms with Gasteiger partial charge in [0, 0.05) is 12.5 Å². The van der Waals surface area contributed by atoms with Crippen LogP contribution in [0.25, 0.3) is 0 Å². The van der Waals surface area contributed by atoms with Gasteiger partial charge in [0.2, 0.25) is 0 Å². The molecule has 17 heavy (non-hydrogen) atoms. The van der Waals surface area contributed by atoms with E-state index in [1.165, 1.54) is 38.5 Å². The van der Waals surface area contributed by atoms with Gasteiger partial charge in [0.05, 0.1) is 0 Å². The topological polar surface area (TPSA) is 38.0 Å². The van der Waals surface area contributed by atoms with Crippen molar-refractivity contribution in [1.29, 1.82) is 0 Å². The number of hydrogen-bond acceptors (Lipinski definition) is 2. The van der Waals surface area contributed by atoms with Gasteiger partial charge in [-0.3, -0.25) is 11.3 Å². The Labute approximate surface area is 107 Å². The standard InChI is InChI=1S/C15H28N2/c1-3-5-6-8-15(17-16)14-11-9-13(7-4-2)10-12-14/h13-15,17H,4,6-12,16H2,1-2H3. The fraction of sp³-hybridized carbons (Fsp3) is 0.867. The Hall–Kier alpha value is -0.520. The zero-order chi connectivity index (χ0) is 12.5. The molecule has 1 unspecified atom stereocenters. The van der Waals surface area contributed by atoms with E-state index in [2.05, 4.69) is 24.2 Å². The lowest BCUT2D eigenvalue weighted by Gasteiger charge is -2.33. The Balaban J connectivity index is 2.30. The van der Waals surface area contributed by atoms with E-state index in [0.717, 1.165) is 24.7 Å². The smallest absolute Gasteiger partial charge is 0.0247 e. The van der Waals surface area contributed by atoms with Crippen molar-refractivity contribution in [2.24, 2.45) is 17.7 Å². The van der Waals surface area contributed by atoms with Crippen molar-refractivity contribution in [3.8, 4) is 11.8 Å². The summed E-state index contributed by atoms with van der Waals surface area (Å²) in [5.41, 5.74) is 3.01. The molecule has 2 heteroatoms. The number of nitrogens with one attached hydrogen (secondary N) is 1. The molecule has 0 aromatic rings. The van der Waals surface area contributed by atoms with E-state index in [0.29, 0.717) is 6.04 Å². The van der Waals surface area contributed by atoms with Crippen LogP contribution in [0.1, 0.15) is 65.2 Å². The first kappa shape index (κ1) is 14.5. The van der Waals surface area contributed by atoms with Crippen molar-refractivity contribution in [3.05, 3.63) is 0 Å². The minimum atomic E-state index is 0.471. The molecule has 0 bridgehead atoms. The van der Waals surface area contributed by atoms with Gasteiger partial charge in [0.25, 0.3) is 0 Å². The van der Waals surface area contributed by atoms with Crippen molar-refractivity contribution in [2.45, 2.75) is 71.3 Å². The summed E-state index contributed by atoms with van der Waals surface area (Å²) >= 11 is 0. The maximum Gasteiger partial charge on any atom is 0.0247 e.